The van der Waals surface area contributed by atoms with Gasteiger partial charge in [0.1, 0.15) is 5.69 Å². The van der Waals surface area contributed by atoms with Crippen LogP contribution in [0.2, 0.25) is 0 Å². The summed E-state index contributed by atoms with van der Waals surface area (Å²) in [5.74, 6) is 2.33. The molecule has 0 fully saturated rings. The van der Waals surface area contributed by atoms with Gasteiger partial charge in [-0.2, -0.15) is 0 Å². The molecule has 0 spiro atoms. The maximum absolute atomic E-state index is 4.32. The number of aryl methyl sites for hydroxylation is 3. The molecule has 6 heteroatoms. The Hall–Kier alpha value is -0.980. The molecule has 0 aliphatic heterocycles. The van der Waals surface area contributed by atoms with E-state index in [0.29, 0.717) is 0 Å². The lowest BCUT2D eigenvalue weighted by molar-refractivity contribution is 0.438. The van der Waals surface area contributed by atoms with Gasteiger partial charge in [-0.15, -0.1) is 5.10 Å². The van der Waals surface area contributed by atoms with E-state index in [1.54, 1.807) is 0 Å². The minimum atomic E-state index is 0.930. The molecule has 0 bridgehead atoms. The summed E-state index contributed by atoms with van der Waals surface area (Å²) in [7, 11) is 8.13. The second-order valence-corrected chi connectivity index (χ2v) is 8.69. The van der Waals surface area contributed by atoms with E-state index >= 15 is 0 Å². The summed E-state index contributed by atoms with van der Waals surface area (Å²) in [6.45, 7) is 6.31. The van der Waals surface area contributed by atoms with Gasteiger partial charge < -0.3 is 4.90 Å². The average molecular weight is 351 g/mol. The van der Waals surface area contributed by atoms with Crippen LogP contribution in [-0.2, 0) is 6.54 Å². The molecule has 23 heavy (non-hydrogen) atoms. The molecular weight excluding hydrogens is 324 g/mol. The molecular formula is C17H26N4S2. The number of rotatable bonds is 9. The van der Waals surface area contributed by atoms with Crippen molar-refractivity contribution in [1.29, 1.82) is 0 Å². The van der Waals surface area contributed by atoms with Gasteiger partial charge in [0.15, 0.2) is 0 Å². The highest BCUT2D eigenvalue weighted by Crippen LogP contribution is 2.23. The molecule has 2 aromatic rings. The topological polar surface area (TPSA) is 34.0 Å². The standard InChI is InChI=1S/C17H26N4S2/c1-14-6-7-16(15(2)12-14)17-13-21(19-18-17)8-5-10-22-23-11-9-20(3)4/h6-7,12-13H,5,8-11H2,1-4H3. The molecule has 4 nitrogen and oxygen atoms in total. The van der Waals surface area contributed by atoms with E-state index in [1.807, 2.05) is 26.3 Å². The van der Waals surface area contributed by atoms with Crippen molar-refractivity contribution in [3.8, 4) is 11.3 Å². The van der Waals surface area contributed by atoms with E-state index in [0.717, 1.165) is 31.0 Å². The van der Waals surface area contributed by atoms with Gasteiger partial charge >= 0.3 is 0 Å². The Morgan fingerprint density at radius 1 is 1.13 bits per heavy atom. The third kappa shape index (κ3) is 6.20. The van der Waals surface area contributed by atoms with Gasteiger partial charge in [0, 0.05) is 30.2 Å². The zero-order valence-electron chi connectivity index (χ0n) is 14.5. The maximum Gasteiger partial charge on any atom is 0.113 e. The SMILES string of the molecule is Cc1ccc(-c2cn(CCCSSCCN(C)C)nn2)c(C)c1. The molecule has 1 aromatic carbocycles. The third-order valence-electron chi connectivity index (χ3n) is 3.52. The fourth-order valence-corrected chi connectivity index (χ4v) is 4.46. The fourth-order valence-electron chi connectivity index (χ4n) is 2.26. The van der Waals surface area contributed by atoms with Gasteiger partial charge in [0.05, 0.1) is 6.20 Å². The van der Waals surface area contributed by atoms with Crippen molar-refractivity contribution in [2.45, 2.75) is 26.8 Å². The van der Waals surface area contributed by atoms with Crippen LogP contribution in [0, 0.1) is 13.8 Å². The van der Waals surface area contributed by atoms with Crippen LogP contribution in [0.3, 0.4) is 0 Å². The molecule has 126 valence electrons. The lowest BCUT2D eigenvalue weighted by atomic mass is 10.0. The van der Waals surface area contributed by atoms with E-state index in [2.05, 4.69) is 67.6 Å². The van der Waals surface area contributed by atoms with E-state index in [-0.39, 0.29) is 0 Å². The van der Waals surface area contributed by atoms with Crippen LogP contribution >= 0.6 is 21.6 Å². The highest BCUT2D eigenvalue weighted by molar-refractivity contribution is 8.76. The summed E-state index contributed by atoms with van der Waals surface area (Å²) in [6, 6.07) is 6.45. The summed E-state index contributed by atoms with van der Waals surface area (Å²) in [5, 5.41) is 8.58. The number of aromatic nitrogens is 3. The van der Waals surface area contributed by atoms with Crippen LogP contribution < -0.4 is 0 Å². The fraction of sp³-hybridized carbons (Fsp3) is 0.529. The van der Waals surface area contributed by atoms with Crippen LogP contribution in [-0.4, -0.2) is 52.0 Å². The molecule has 0 N–H and O–H groups in total. The lowest BCUT2D eigenvalue weighted by Gasteiger charge is -2.07. The Kier molecular flexibility index (Phi) is 7.46. The molecule has 0 unspecified atom stereocenters. The van der Waals surface area contributed by atoms with Gasteiger partial charge in [-0.1, -0.05) is 50.6 Å². The van der Waals surface area contributed by atoms with Gasteiger partial charge in [0.2, 0.25) is 0 Å². The van der Waals surface area contributed by atoms with Gasteiger partial charge in [0.25, 0.3) is 0 Å². The van der Waals surface area contributed by atoms with Crippen molar-refractivity contribution >= 4 is 21.6 Å². The molecule has 1 heterocycles. The van der Waals surface area contributed by atoms with E-state index in [9.17, 15) is 0 Å². The maximum atomic E-state index is 4.32. The Morgan fingerprint density at radius 2 is 1.91 bits per heavy atom. The first-order valence-corrected chi connectivity index (χ1v) is 10.4. The number of hydrogen-bond donors (Lipinski definition) is 0. The zero-order valence-corrected chi connectivity index (χ0v) is 16.1. The molecule has 0 saturated heterocycles. The number of benzene rings is 1. The second kappa shape index (κ2) is 9.35. The molecule has 0 radical (unpaired) electrons. The van der Waals surface area contributed by atoms with Crippen molar-refractivity contribution in [2.24, 2.45) is 0 Å². The Labute approximate surface area is 147 Å². The van der Waals surface area contributed by atoms with Crippen LogP contribution in [0.15, 0.2) is 24.4 Å². The van der Waals surface area contributed by atoms with E-state index in [1.165, 1.54) is 22.4 Å². The second-order valence-electron chi connectivity index (χ2n) is 5.99. The summed E-state index contributed by atoms with van der Waals surface area (Å²) < 4.78 is 1.96. The molecule has 0 atom stereocenters. The van der Waals surface area contributed by atoms with Crippen LogP contribution in [0.5, 0.6) is 0 Å². The Morgan fingerprint density at radius 3 is 2.65 bits per heavy atom. The lowest BCUT2D eigenvalue weighted by Crippen LogP contribution is -2.14. The van der Waals surface area contributed by atoms with Crippen molar-refractivity contribution in [3.05, 3.63) is 35.5 Å². The van der Waals surface area contributed by atoms with Gasteiger partial charge in [-0.05, 0) is 39.9 Å². The first-order valence-electron chi connectivity index (χ1n) is 7.93. The molecule has 0 saturated carbocycles. The molecule has 0 amide bonds. The quantitative estimate of drug-likeness (QED) is 0.506. The molecule has 0 aliphatic rings. The number of hydrogen-bond acceptors (Lipinski definition) is 5. The average Bonchev–Trinajstić information content (AvgIpc) is 2.94. The van der Waals surface area contributed by atoms with Crippen molar-refractivity contribution < 1.29 is 0 Å². The van der Waals surface area contributed by atoms with Crippen LogP contribution in [0.25, 0.3) is 11.3 Å². The minimum absolute atomic E-state index is 0.930. The normalized spacial score (nSPS) is 11.3. The molecule has 2 rings (SSSR count). The largest absolute Gasteiger partial charge is 0.309 e. The first-order chi connectivity index (χ1) is 11.1. The van der Waals surface area contributed by atoms with E-state index < -0.39 is 0 Å². The number of nitrogens with zero attached hydrogens (tertiary/aromatic N) is 4. The Balaban J connectivity index is 1.75. The monoisotopic (exact) mass is 350 g/mol. The summed E-state index contributed by atoms with van der Waals surface area (Å²) in [6.07, 6.45) is 3.18. The van der Waals surface area contributed by atoms with Crippen LogP contribution in [0.1, 0.15) is 17.5 Å². The van der Waals surface area contributed by atoms with Crippen molar-refractivity contribution in [1.82, 2.24) is 19.9 Å². The van der Waals surface area contributed by atoms with E-state index in [4.69, 9.17) is 0 Å². The highest BCUT2D eigenvalue weighted by atomic mass is 33.1. The van der Waals surface area contributed by atoms with Crippen molar-refractivity contribution in [2.75, 3.05) is 32.1 Å². The molecule has 1 aromatic heterocycles. The van der Waals surface area contributed by atoms with Crippen LogP contribution in [0.4, 0.5) is 0 Å². The van der Waals surface area contributed by atoms with Gasteiger partial charge in [-0.3, -0.25) is 4.68 Å². The Bertz CT molecular complexity index is 610. The first kappa shape index (κ1) is 18.4. The summed E-state index contributed by atoms with van der Waals surface area (Å²) >= 11 is 0. The third-order valence-corrected chi connectivity index (χ3v) is 5.99. The predicted molar refractivity (Wildman–Crippen MR) is 103 cm³/mol. The highest BCUT2D eigenvalue weighted by Gasteiger charge is 2.07. The summed E-state index contributed by atoms with van der Waals surface area (Å²) in [4.78, 5) is 2.22. The summed E-state index contributed by atoms with van der Waals surface area (Å²) in [5.41, 5.74) is 4.68. The van der Waals surface area contributed by atoms with Crippen molar-refractivity contribution in [3.63, 3.8) is 0 Å². The predicted octanol–water partition coefficient (Wildman–Crippen LogP) is 3.90. The minimum Gasteiger partial charge on any atom is -0.309 e. The van der Waals surface area contributed by atoms with Gasteiger partial charge in [-0.25, -0.2) is 0 Å². The smallest absolute Gasteiger partial charge is 0.113 e. The zero-order chi connectivity index (χ0) is 16.7. The molecule has 0 aliphatic carbocycles.